The van der Waals surface area contributed by atoms with Gasteiger partial charge in [0.05, 0.1) is 17.8 Å². The van der Waals surface area contributed by atoms with E-state index in [2.05, 4.69) is 0 Å². The minimum Gasteiger partial charge on any atom is -0.449 e. The van der Waals surface area contributed by atoms with Crippen molar-refractivity contribution < 1.29 is 14.6 Å². The van der Waals surface area contributed by atoms with Crippen molar-refractivity contribution in [3.8, 4) is 22.8 Å². The van der Waals surface area contributed by atoms with Crippen LogP contribution in [-0.4, -0.2) is 15.9 Å². The molecule has 0 aliphatic carbocycles. The summed E-state index contributed by atoms with van der Waals surface area (Å²) in [7, 11) is 0. The van der Waals surface area contributed by atoms with E-state index in [1.54, 1.807) is 0 Å². The van der Waals surface area contributed by atoms with Crippen molar-refractivity contribution in [2.75, 3.05) is 0 Å². The number of rotatable bonds is 2. The maximum absolute atomic E-state index is 9.66. The Hall–Kier alpha value is -2.59. The van der Waals surface area contributed by atoms with Gasteiger partial charge in [0, 0.05) is 24.8 Å². The highest BCUT2D eigenvalue weighted by molar-refractivity contribution is 5.85. The molecule has 3 aromatic rings. The average molecular weight is 307 g/mol. The molecule has 2 aromatic carbocycles. The quantitative estimate of drug-likeness (QED) is 0.780. The van der Waals surface area contributed by atoms with Gasteiger partial charge in [0.25, 0.3) is 0 Å². The molecule has 0 saturated carbocycles. The molecule has 2 heterocycles. The summed E-state index contributed by atoms with van der Waals surface area (Å²) in [6.45, 7) is 3.74. The maximum Gasteiger partial charge on any atom is 0.246 e. The van der Waals surface area contributed by atoms with Crippen LogP contribution in [0.1, 0.15) is 19.4 Å². The van der Waals surface area contributed by atoms with Gasteiger partial charge in [-0.15, -0.1) is 0 Å². The molecule has 0 unspecified atom stereocenters. The zero-order valence-electron chi connectivity index (χ0n) is 13.0. The van der Waals surface area contributed by atoms with E-state index in [1.807, 2.05) is 62.4 Å². The van der Waals surface area contributed by atoms with Gasteiger partial charge in [-0.25, -0.2) is 4.98 Å². The minimum absolute atomic E-state index is 0.0202. The third-order valence-electron chi connectivity index (χ3n) is 3.92. The smallest absolute Gasteiger partial charge is 0.246 e. The van der Waals surface area contributed by atoms with Gasteiger partial charge >= 0.3 is 0 Å². The molecule has 1 aliphatic rings. The monoisotopic (exact) mass is 307 g/mol. The number of nitrogens with zero attached hydrogens (tertiary/aromatic N) is 1. The lowest BCUT2D eigenvalue weighted by molar-refractivity contribution is -0.0431. The summed E-state index contributed by atoms with van der Waals surface area (Å²) in [5, 5.41) is 10.6. The van der Waals surface area contributed by atoms with Crippen LogP contribution in [0.25, 0.3) is 22.2 Å². The van der Waals surface area contributed by atoms with Crippen molar-refractivity contribution in [1.82, 2.24) is 4.98 Å². The fourth-order valence-corrected chi connectivity index (χ4v) is 2.91. The number of aliphatic hydroxyl groups excluding tert-OH is 1. The molecule has 4 heteroatoms. The van der Waals surface area contributed by atoms with Gasteiger partial charge in [-0.3, -0.25) is 0 Å². The van der Waals surface area contributed by atoms with Gasteiger partial charge in [0.15, 0.2) is 11.5 Å². The molecule has 0 amide bonds. The molecule has 1 aromatic heterocycles. The number of aliphatic hydroxyl groups is 1. The van der Waals surface area contributed by atoms with E-state index < -0.39 is 5.79 Å². The molecular formula is C19H17NO3. The standard InChI is InChI=1S/C19H17NO3/c1-19(2)22-17-8-7-12(10-18(17)23-19)16-9-13(11-21)14-5-3-4-6-15(14)20-16/h3-10,21H,11H2,1-2H3. The summed E-state index contributed by atoms with van der Waals surface area (Å²) in [6, 6.07) is 15.5. The Bertz CT molecular complexity index is 902. The van der Waals surface area contributed by atoms with E-state index in [1.165, 1.54) is 0 Å². The second kappa shape index (κ2) is 4.96. The summed E-state index contributed by atoms with van der Waals surface area (Å²) < 4.78 is 11.5. The number of benzene rings is 2. The fraction of sp³-hybridized carbons (Fsp3) is 0.211. The first kappa shape index (κ1) is 14.0. The van der Waals surface area contributed by atoms with Crippen LogP contribution in [0, 0.1) is 0 Å². The van der Waals surface area contributed by atoms with Crippen LogP contribution in [0.2, 0.25) is 0 Å². The third kappa shape index (κ3) is 2.41. The fourth-order valence-electron chi connectivity index (χ4n) is 2.91. The number of para-hydroxylation sites is 1. The number of fused-ring (bicyclic) bond motifs is 2. The largest absolute Gasteiger partial charge is 0.449 e. The van der Waals surface area contributed by atoms with E-state index in [0.717, 1.165) is 33.5 Å². The first-order chi connectivity index (χ1) is 11.1. The molecule has 0 bridgehead atoms. The van der Waals surface area contributed by atoms with Crippen molar-refractivity contribution >= 4 is 10.9 Å². The van der Waals surface area contributed by atoms with Crippen LogP contribution in [0.3, 0.4) is 0 Å². The topological polar surface area (TPSA) is 51.6 Å². The zero-order chi connectivity index (χ0) is 16.0. The molecule has 0 atom stereocenters. The van der Waals surface area contributed by atoms with E-state index in [9.17, 15) is 5.11 Å². The highest BCUT2D eigenvalue weighted by atomic mass is 16.7. The Balaban J connectivity index is 1.84. The summed E-state index contributed by atoms with van der Waals surface area (Å²) in [6.07, 6.45) is 0. The molecule has 4 rings (SSSR count). The average Bonchev–Trinajstić information content (AvgIpc) is 2.86. The molecule has 0 spiro atoms. The first-order valence-corrected chi connectivity index (χ1v) is 7.58. The van der Waals surface area contributed by atoms with Gasteiger partial charge in [-0.2, -0.15) is 0 Å². The Labute approximate surface area is 134 Å². The second-order valence-electron chi connectivity index (χ2n) is 6.11. The third-order valence-corrected chi connectivity index (χ3v) is 3.92. The van der Waals surface area contributed by atoms with Gasteiger partial charge in [-0.05, 0) is 35.9 Å². The van der Waals surface area contributed by atoms with E-state index >= 15 is 0 Å². The van der Waals surface area contributed by atoms with Crippen molar-refractivity contribution in [2.45, 2.75) is 26.2 Å². The second-order valence-corrected chi connectivity index (χ2v) is 6.11. The minimum atomic E-state index is -0.645. The number of ether oxygens (including phenoxy) is 2. The van der Waals surface area contributed by atoms with Crippen LogP contribution in [0.5, 0.6) is 11.5 Å². The van der Waals surface area contributed by atoms with E-state index in [0.29, 0.717) is 5.75 Å². The van der Waals surface area contributed by atoms with E-state index in [4.69, 9.17) is 14.5 Å². The van der Waals surface area contributed by atoms with Crippen LogP contribution in [-0.2, 0) is 6.61 Å². The Morgan fingerprint density at radius 2 is 1.78 bits per heavy atom. The lowest BCUT2D eigenvalue weighted by Crippen LogP contribution is -2.29. The van der Waals surface area contributed by atoms with Crippen molar-refractivity contribution in [1.29, 1.82) is 0 Å². The predicted octanol–water partition coefficient (Wildman–Crippen LogP) is 3.90. The van der Waals surface area contributed by atoms with Crippen LogP contribution >= 0.6 is 0 Å². The Morgan fingerprint density at radius 3 is 2.61 bits per heavy atom. The molecule has 23 heavy (non-hydrogen) atoms. The molecular weight excluding hydrogens is 290 g/mol. The molecule has 1 N–H and O–H groups in total. The first-order valence-electron chi connectivity index (χ1n) is 7.58. The summed E-state index contributed by atoms with van der Waals surface area (Å²) >= 11 is 0. The molecule has 0 saturated heterocycles. The van der Waals surface area contributed by atoms with Crippen LogP contribution in [0.15, 0.2) is 48.5 Å². The number of pyridine rings is 1. The summed E-state index contributed by atoms with van der Waals surface area (Å²) in [5.74, 6) is 0.809. The highest BCUT2D eigenvalue weighted by Crippen LogP contribution is 2.41. The van der Waals surface area contributed by atoms with Crippen molar-refractivity contribution in [2.24, 2.45) is 0 Å². The van der Waals surface area contributed by atoms with Crippen molar-refractivity contribution in [3.05, 3.63) is 54.1 Å². The summed E-state index contributed by atoms with van der Waals surface area (Å²) in [5.41, 5.74) is 3.48. The number of hydrogen-bond acceptors (Lipinski definition) is 4. The number of hydrogen-bond donors (Lipinski definition) is 1. The molecule has 0 radical (unpaired) electrons. The van der Waals surface area contributed by atoms with Crippen LogP contribution < -0.4 is 9.47 Å². The van der Waals surface area contributed by atoms with Crippen LogP contribution in [0.4, 0.5) is 0 Å². The summed E-state index contributed by atoms with van der Waals surface area (Å²) in [4.78, 5) is 4.71. The lowest BCUT2D eigenvalue weighted by Gasteiger charge is -2.16. The molecule has 4 nitrogen and oxygen atoms in total. The van der Waals surface area contributed by atoms with Gasteiger partial charge in [-0.1, -0.05) is 18.2 Å². The predicted molar refractivity (Wildman–Crippen MR) is 88.4 cm³/mol. The molecule has 0 fully saturated rings. The normalized spacial score (nSPS) is 15.1. The van der Waals surface area contributed by atoms with Gasteiger partial charge in [0.1, 0.15) is 0 Å². The zero-order valence-corrected chi connectivity index (χ0v) is 13.0. The van der Waals surface area contributed by atoms with Crippen molar-refractivity contribution in [3.63, 3.8) is 0 Å². The molecule has 116 valence electrons. The van der Waals surface area contributed by atoms with E-state index in [-0.39, 0.29) is 6.61 Å². The van der Waals surface area contributed by atoms with Gasteiger partial charge in [0.2, 0.25) is 5.79 Å². The Kier molecular flexibility index (Phi) is 3.03. The lowest BCUT2D eigenvalue weighted by atomic mass is 10.0. The SMILES string of the molecule is CC1(C)Oc2ccc(-c3cc(CO)c4ccccc4n3)cc2O1. The number of aromatic nitrogens is 1. The van der Waals surface area contributed by atoms with Gasteiger partial charge < -0.3 is 14.6 Å². The Morgan fingerprint density at radius 1 is 1.00 bits per heavy atom. The maximum atomic E-state index is 9.66. The molecule has 1 aliphatic heterocycles. The highest BCUT2D eigenvalue weighted by Gasteiger charge is 2.31.